The lowest BCUT2D eigenvalue weighted by atomic mass is 10.0. The summed E-state index contributed by atoms with van der Waals surface area (Å²) in [6.07, 6.45) is 1.25. The maximum atomic E-state index is 3.65. The predicted octanol–water partition coefficient (Wildman–Crippen LogP) is 3.53. The Morgan fingerprint density at radius 1 is 1.40 bits per heavy atom. The molecule has 1 aromatic rings. The second-order valence-electron chi connectivity index (χ2n) is 4.50. The van der Waals surface area contributed by atoms with Gasteiger partial charge in [-0.05, 0) is 30.2 Å². The first kappa shape index (κ1) is 11.0. The molecule has 0 saturated heterocycles. The average molecular weight is 221 g/mol. The summed E-state index contributed by atoms with van der Waals surface area (Å²) in [5, 5.41) is 3.65. The van der Waals surface area contributed by atoms with E-state index in [1.165, 1.54) is 28.2 Å². The van der Waals surface area contributed by atoms with E-state index in [1.54, 1.807) is 0 Å². The fourth-order valence-electron chi connectivity index (χ4n) is 2.16. The zero-order chi connectivity index (χ0) is 10.8. The Balaban J connectivity index is 2.30. The highest BCUT2D eigenvalue weighted by atomic mass is 32.2. The molecule has 0 aliphatic carbocycles. The number of thioether (sulfide) groups is 1. The van der Waals surface area contributed by atoms with E-state index < -0.39 is 0 Å². The number of rotatable bonds is 2. The van der Waals surface area contributed by atoms with Crippen molar-refractivity contribution in [3.63, 3.8) is 0 Å². The number of hydrogen-bond donors (Lipinski definition) is 1. The Hall–Kier alpha value is -0.470. The van der Waals surface area contributed by atoms with Crippen molar-refractivity contribution in [2.45, 2.75) is 44.2 Å². The van der Waals surface area contributed by atoms with Crippen LogP contribution in [0.1, 0.15) is 37.4 Å². The molecule has 0 fully saturated rings. The van der Waals surface area contributed by atoms with Crippen molar-refractivity contribution < 1.29 is 0 Å². The fraction of sp³-hybridized carbons (Fsp3) is 0.538. The summed E-state index contributed by atoms with van der Waals surface area (Å²) < 4.78 is 0. The largest absolute Gasteiger partial charge is 0.308 e. The summed E-state index contributed by atoms with van der Waals surface area (Å²) in [5.41, 5.74) is 2.92. The molecule has 0 spiro atoms. The van der Waals surface area contributed by atoms with Crippen LogP contribution in [0.3, 0.4) is 0 Å². The molecule has 2 rings (SSSR count). The lowest BCUT2D eigenvalue weighted by Gasteiger charge is -2.28. The Morgan fingerprint density at radius 3 is 2.93 bits per heavy atom. The molecule has 1 aliphatic heterocycles. The minimum atomic E-state index is 0.557. The van der Waals surface area contributed by atoms with Gasteiger partial charge in [0.25, 0.3) is 0 Å². The first-order chi connectivity index (χ1) is 7.18. The van der Waals surface area contributed by atoms with Crippen molar-refractivity contribution >= 4 is 11.8 Å². The third-order valence-corrected chi connectivity index (χ3v) is 4.09. The maximum Gasteiger partial charge on any atom is 0.0341 e. The van der Waals surface area contributed by atoms with Gasteiger partial charge in [-0.2, -0.15) is 0 Å². The van der Waals surface area contributed by atoms with Gasteiger partial charge >= 0.3 is 0 Å². The highest BCUT2D eigenvalue weighted by Crippen LogP contribution is 2.38. The molecule has 2 heteroatoms. The van der Waals surface area contributed by atoms with Crippen LogP contribution in [0.15, 0.2) is 23.1 Å². The molecule has 82 valence electrons. The minimum absolute atomic E-state index is 0.557. The van der Waals surface area contributed by atoms with Crippen molar-refractivity contribution in [2.75, 3.05) is 5.75 Å². The molecule has 0 radical (unpaired) electrons. The van der Waals surface area contributed by atoms with Gasteiger partial charge in [0.2, 0.25) is 0 Å². The summed E-state index contributed by atoms with van der Waals surface area (Å²) >= 11 is 2.01. The fourth-order valence-corrected chi connectivity index (χ4v) is 3.39. The maximum absolute atomic E-state index is 3.65. The normalized spacial score (nSPS) is 20.4. The van der Waals surface area contributed by atoms with Crippen molar-refractivity contribution in [3.8, 4) is 0 Å². The summed E-state index contributed by atoms with van der Waals surface area (Å²) in [6.45, 7) is 6.65. The molecule has 1 unspecified atom stereocenters. The average Bonchev–Trinajstić information content (AvgIpc) is 2.19. The minimum Gasteiger partial charge on any atom is -0.308 e. The van der Waals surface area contributed by atoms with Crippen LogP contribution in [0.4, 0.5) is 0 Å². The first-order valence-corrected chi connectivity index (χ1v) is 6.65. The third-order valence-electron chi connectivity index (χ3n) is 2.81. The van der Waals surface area contributed by atoms with Gasteiger partial charge in [0.1, 0.15) is 0 Å². The van der Waals surface area contributed by atoms with Crippen molar-refractivity contribution in [3.05, 3.63) is 29.3 Å². The number of fused-ring (bicyclic) bond motifs is 1. The monoisotopic (exact) mass is 221 g/mol. The van der Waals surface area contributed by atoms with Crippen molar-refractivity contribution in [1.29, 1.82) is 0 Å². The van der Waals surface area contributed by atoms with Crippen LogP contribution in [0.25, 0.3) is 0 Å². The Labute approximate surface area is 96.7 Å². The van der Waals surface area contributed by atoms with Crippen LogP contribution in [-0.4, -0.2) is 11.8 Å². The Bertz CT molecular complexity index is 346. The summed E-state index contributed by atoms with van der Waals surface area (Å²) in [4.78, 5) is 1.50. The van der Waals surface area contributed by atoms with E-state index >= 15 is 0 Å². The molecule has 0 saturated carbocycles. The molecule has 1 nitrogen and oxygen atoms in total. The van der Waals surface area contributed by atoms with Crippen LogP contribution in [0.5, 0.6) is 0 Å². The first-order valence-electron chi connectivity index (χ1n) is 5.67. The van der Waals surface area contributed by atoms with E-state index in [4.69, 9.17) is 0 Å². The highest BCUT2D eigenvalue weighted by Gasteiger charge is 2.21. The van der Waals surface area contributed by atoms with Crippen LogP contribution < -0.4 is 5.32 Å². The van der Waals surface area contributed by atoms with Gasteiger partial charge in [-0.1, -0.05) is 32.0 Å². The van der Waals surface area contributed by atoms with Crippen LogP contribution in [-0.2, 0) is 0 Å². The summed E-state index contributed by atoms with van der Waals surface area (Å²) in [5.74, 6) is 1.24. The van der Waals surface area contributed by atoms with Gasteiger partial charge in [0, 0.05) is 17.0 Å². The van der Waals surface area contributed by atoms with Gasteiger partial charge < -0.3 is 5.32 Å². The van der Waals surface area contributed by atoms with Crippen LogP contribution in [0.2, 0.25) is 0 Å². The van der Waals surface area contributed by atoms with Crippen molar-refractivity contribution in [2.24, 2.45) is 0 Å². The van der Waals surface area contributed by atoms with Gasteiger partial charge in [-0.15, -0.1) is 11.8 Å². The topological polar surface area (TPSA) is 12.0 Å². The zero-order valence-corrected chi connectivity index (χ0v) is 10.5. The highest BCUT2D eigenvalue weighted by molar-refractivity contribution is 7.99. The Morgan fingerprint density at radius 2 is 2.20 bits per heavy atom. The van der Waals surface area contributed by atoms with Gasteiger partial charge in [0.05, 0.1) is 0 Å². The number of hydrogen-bond acceptors (Lipinski definition) is 2. The zero-order valence-electron chi connectivity index (χ0n) is 9.71. The number of benzene rings is 1. The second kappa shape index (κ2) is 4.58. The van der Waals surface area contributed by atoms with Gasteiger partial charge in [0.15, 0.2) is 0 Å². The summed E-state index contributed by atoms with van der Waals surface area (Å²) in [6, 6.07) is 7.78. The molecule has 1 heterocycles. The molecule has 1 atom stereocenters. The summed E-state index contributed by atoms with van der Waals surface area (Å²) in [7, 11) is 0. The van der Waals surface area contributed by atoms with Gasteiger partial charge in [-0.3, -0.25) is 0 Å². The third kappa shape index (κ3) is 2.37. The van der Waals surface area contributed by atoms with Gasteiger partial charge in [-0.25, -0.2) is 0 Å². The van der Waals surface area contributed by atoms with E-state index in [0.29, 0.717) is 12.1 Å². The van der Waals surface area contributed by atoms with E-state index in [-0.39, 0.29) is 0 Å². The Kier molecular flexibility index (Phi) is 3.37. The molecular formula is C13H19NS. The van der Waals surface area contributed by atoms with E-state index in [9.17, 15) is 0 Å². The smallest absolute Gasteiger partial charge is 0.0341 e. The lowest BCUT2D eigenvalue weighted by Crippen LogP contribution is -2.30. The molecule has 15 heavy (non-hydrogen) atoms. The van der Waals surface area contributed by atoms with E-state index in [1.807, 2.05) is 11.8 Å². The molecule has 1 aliphatic rings. The molecule has 0 bridgehead atoms. The van der Waals surface area contributed by atoms with E-state index in [0.717, 1.165) is 0 Å². The standard InChI is InChI=1S/C13H19NS/c1-9(2)14-12-7-8-15-13-10(3)5-4-6-11(12)13/h4-6,9,12,14H,7-8H2,1-3H3. The van der Waals surface area contributed by atoms with Crippen molar-refractivity contribution in [1.82, 2.24) is 5.32 Å². The number of nitrogens with one attached hydrogen (secondary N) is 1. The molecule has 0 aromatic heterocycles. The molecule has 1 N–H and O–H groups in total. The molecule has 0 amide bonds. The molecular weight excluding hydrogens is 202 g/mol. The quantitative estimate of drug-likeness (QED) is 0.820. The van der Waals surface area contributed by atoms with Crippen LogP contribution >= 0.6 is 11.8 Å². The molecule has 1 aromatic carbocycles. The van der Waals surface area contributed by atoms with Crippen LogP contribution in [0, 0.1) is 6.92 Å². The second-order valence-corrected chi connectivity index (χ2v) is 5.61. The lowest BCUT2D eigenvalue weighted by molar-refractivity contribution is 0.459. The predicted molar refractivity (Wildman–Crippen MR) is 67.5 cm³/mol. The SMILES string of the molecule is Cc1cccc2c1SCCC2NC(C)C. The number of aryl methyl sites for hydroxylation is 1. The van der Waals surface area contributed by atoms with E-state index in [2.05, 4.69) is 44.3 Å².